The Hall–Kier alpha value is -2.46. The standard InChI is InChI=1S/C23H27N3O/c1-2-21-12-13-22(23(21,27)15-26-17-24-16-25-26)14-18-8-10-20(11-9-18)19-6-4-3-5-7-19/h3-11,16-17,21-22,27H,2,12-15H2,1H3. The molecular weight excluding hydrogens is 334 g/mol. The van der Waals surface area contributed by atoms with Crippen molar-refractivity contribution in [3.05, 3.63) is 72.8 Å². The summed E-state index contributed by atoms with van der Waals surface area (Å²) in [5, 5.41) is 15.8. The van der Waals surface area contributed by atoms with Crippen molar-refractivity contribution in [3.63, 3.8) is 0 Å². The molecule has 27 heavy (non-hydrogen) atoms. The summed E-state index contributed by atoms with van der Waals surface area (Å²) in [5.74, 6) is 0.560. The maximum Gasteiger partial charge on any atom is 0.137 e. The van der Waals surface area contributed by atoms with Crippen LogP contribution in [-0.4, -0.2) is 25.5 Å². The van der Waals surface area contributed by atoms with Gasteiger partial charge in [0.2, 0.25) is 0 Å². The molecule has 0 bridgehead atoms. The molecule has 140 valence electrons. The van der Waals surface area contributed by atoms with Crippen molar-refractivity contribution < 1.29 is 5.11 Å². The minimum absolute atomic E-state index is 0.245. The molecule has 1 aliphatic carbocycles. The Bertz CT molecular complexity index is 845. The Morgan fingerprint density at radius 2 is 1.70 bits per heavy atom. The van der Waals surface area contributed by atoms with E-state index in [-0.39, 0.29) is 5.92 Å². The Kier molecular flexibility index (Phi) is 5.08. The van der Waals surface area contributed by atoms with E-state index < -0.39 is 5.60 Å². The second-order valence-electron chi connectivity index (χ2n) is 7.73. The molecular formula is C23H27N3O. The Morgan fingerprint density at radius 3 is 2.37 bits per heavy atom. The van der Waals surface area contributed by atoms with Gasteiger partial charge >= 0.3 is 0 Å². The number of benzene rings is 2. The quantitative estimate of drug-likeness (QED) is 0.710. The molecule has 4 rings (SSSR count). The van der Waals surface area contributed by atoms with Crippen LogP contribution in [0.5, 0.6) is 0 Å². The second kappa shape index (κ2) is 7.65. The molecule has 0 amide bonds. The highest BCUT2D eigenvalue weighted by molar-refractivity contribution is 5.63. The van der Waals surface area contributed by atoms with Gasteiger partial charge in [-0.15, -0.1) is 0 Å². The van der Waals surface area contributed by atoms with Crippen molar-refractivity contribution in [1.82, 2.24) is 14.8 Å². The van der Waals surface area contributed by atoms with Gasteiger partial charge in [0.15, 0.2) is 0 Å². The first-order valence-corrected chi connectivity index (χ1v) is 9.88. The van der Waals surface area contributed by atoms with Gasteiger partial charge in [-0.3, -0.25) is 4.68 Å². The molecule has 1 aliphatic rings. The number of hydrogen-bond acceptors (Lipinski definition) is 3. The van der Waals surface area contributed by atoms with E-state index in [1.165, 1.54) is 23.0 Å². The van der Waals surface area contributed by atoms with E-state index in [1.54, 1.807) is 11.0 Å². The van der Waals surface area contributed by atoms with Crippen molar-refractivity contribution in [1.29, 1.82) is 0 Å². The van der Waals surface area contributed by atoms with Crippen LogP contribution in [0.25, 0.3) is 11.1 Å². The van der Waals surface area contributed by atoms with Crippen molar-refractivity contribution in [3.8, 4) is 11.1 Å². The van der Waals surface area contributed by atoms with Crippen LogP contribution in [0.4, 0.5) is 0 Å². The van der Waals surface area contributed by atoms with E-state index in [2.05, 4.69) is 65.5 Å². The zero-order chi connectivity index (χ0) is 18.7. The number of aromatic nitrogens is 3. The lowest BCUT2D eigenvalue weighted by Crippen LogP contribution is -2.44. The Morgan fingerprint density at radius 1 is 1.00 bits per heavy atom. The van der Waals surface area contributed by atoms with Crippen molar-refractivity contribution >= 4 is 0 Å². The molecule has 1 N–H and O–H groups in total. The molecule has 4 heteroatoms. The topological polar surface area (TPSA) is 50.9 Å². The van der Waals surface area contributed by atoms with E-state index >= 15 is 0 Å². The van der Waals surface area contributed by atoms with E-state index in [0.717, 1.165) is 25.7 Å². The molecule has 1 heterocycles. The Balaban J connectivity index is 1.52. The van der Waals surface area contributed by atoms with Gasteiger partial charge in [0.05, 0.1) is 12.1 Å². The maximum absolute atomic E-state index is 11.6. The lowest BCUT2D eigenvalue weighted by molar-refractivity contribution is -0.0545. The molecule has 0 saturated heterocycles. The third-order valence-corrected chi connectivity index (χ3v) is 6.20. The monoisotopic (exact) mass is 361 g/mol. The van der Waals surface area contributed by atoms with Crippen molar-refractivity contribution in [2.75, 3.05) is 0 Å². The van der Waals surface area contributed by atoms with Crippen molar-refractivity contribution in [2.24, 2.45) is 11.8 Å². The molecule has 1 saturated carbocycles. The van der Waals surface area contributed by atoms with Crippen LogP contribution < -0.4 is 0 Å². The van der Waals surface area contributed by atoms with Crippen LogP contribution >= 0.6 is 0 Å². The van der Waals surface area contributed by atoms with E-state index in [9.17, 15) is 5.11 Å². The van der Waals surface area contributed by atoms with Gasteiger partial charge in [-0.25, -0.2) is 4.98 Å². The molecule has 3 atom stereocenters. The molecule has 1 aromatic heterocycles. The predicted octanol–water partition coefficient (Wildman–Crippen LogP) is 4.36. The number of rotatable bonds is 6. The molecule has 3 unspecified atom stereocenters. The summed E-state index contributed by atoms with van der Waals surface area (Å²) in [6.45, 7) is 2.70. The van der Waals surface area contributed by atoms with E-state index in [1.807, 2.05) is 6.07 Å². The molecule has 0 spiro atoms. The van der Waals surface area contributed by atoms with Crippen LogP contribution in [-0.2, 0) is 13.0 Å². The third kappa shape index (κ3) is 3.67. The fraction of sp³-hybridized carbons (Fsp3) is 0.391. The van der Waals surface area contributed by atoms with Crippen LogP contribution in [0.15, 0.2) is 67.3 Å². The normalized spacial score (nSPS) is 25.0. The SMILES string of the molecule is CCC1CCC(Cc2ccc(-c3ccccc3)cc2)C1(O)Cn1cncn1. The summed E-state index contributed by atoms with van der Waals surface area (Å²) in [5.41, 5.74) is 3.03. The largest absolute Gasteiger partial charge is 0.387 e. The average molecular weight is 361 g/mol. The van der Waals surface area contributed by atoms with Crippen LogP contribution in [0.3, 0.4) is 0 Å². The lowest BCUT2D eigenvalue weighted by atomic mass is 9.79. The molecule has 2 aromatic carbocycles. The summed E-state index contributed by atoms with van der Waals surface area (Å²) in [4.78, 5) is 4.03. The first kappa shape index (κ1) is 17.9. The van der Waals surface area contributed by atoms with Crippen LogP contribution in [0.1, 0.15) is 31.7 Å². The summed E-state index contributed by atoms with van der Waals surface area (Å²) in [6.07, 6.45) is 7.27. The summed E-state index contributed by atoms with van der Waals surface area (Å²) in [6, 6.07) is 19.2. The Labute approximate surface area is 160 Å². The second-order valence-corrected chi connectivity index (χ2v) is 7.73. The average Bonchev–Trinajstić information content (AvgIpc) is 3.31. The summed E-state index contributed by atoms with van der Waals surface area (Å²) in [7, 11) is 0. The minimum Gasteiger partial charge on any atom is -0.387 e. The maximum atomic E-state index is 11.6. The predicted molar refractivity (Wildman–Crippen MR) is 107 cm³/mol. The van der Waals surface area contributed by atoms with Crippen LogP contribution in [0, 0.1) is 11.8 Å². The summed E-state index contributed by atoms with van der Waals surface area (Å²) < 4.78 is 1.78. The molecule has 0 aliphatic heterocycles. The number of hydrogen-bond donors (Lipinski definition) is 1. The first-order valence-electron chi connectivity index (χ1n) is 9.88. The zero-order valence-electron chi connectivity index (χ0n) is 15.8. The fourth-order valence-corrected chi connectivity index (χ4v) is 4.65. The van der Waals surface area contributed by atoms with Gasteiger partial charge < -0.3 is 5.11 Å². The smallest absolute Gasteiger partial charge is 0.137 e. The third-order valence-electron chi connectivity index (χ3n) is 6.20. The highest BCUT2D eigenvalue weighted by Crippen LogP contribution is 2.45. The molecule has 4 nitrogen and oxygen atoms in total. The number of nitrogens with zero attached hydrogens (tertiary/aromatic N) is 3. The van der Waals surface area contributed by atoms with Gasteiger partial charge in [0, 0.05) is 0 Å². The van der Waals surface area contributed by atoms with Crippen LogP contribution in [0.2, 0.25) is 0 Å². The van der Waals surface area contributed by atoms with Gasteiger partial charge in [-0.05, 0) is 47.8 Å². The van der Waals surface area contributed by atoms with Gasteiger partial charge in [0.25, 0.3) is 0 Å². The highest BCUT2D eigenvalue weighted by atomic mass is 16.3. The van der Waals surface area contributed by atoms with Crippen molar-refractivity contribution in [2.45, 2.75) is 44.8 Å². The van der Waals surface area contributed by atoms with Gasteiger partial charge in [0.1, 0.15) is 12.7 Å². The van der Waals surface area contributed by atoms with Gasteiger partial charge in [-0.2, -0.15) is 5.10 Å². The van der Waals surface area contributed by atoms with E-state index in [4.69, 9.17) is 0 Å². The first-order chi connectivity index (χ1) is 13.2. The number of aliphatic hydroxyl groups is 1. The lowest BCUT2D eigenvalue weighted by Gasteiger charge is -2.35. The van der Waals surface area contributed by atoms with E-state index in [0.29, 0.717) is 12.5 Å². The zero-order valence-corrected chi connectivity index (χ0v) is 15.8. The molecule has 1 fully saturated rings. The minimum atomic E-state index is -0.722. The molecule has 0 radical (unpaired) electrons. The highest BCUT2D eigenvalue weighted by Gasteiger charge is 2.48. The summed E-state index contributed by atoms with van der Waals surface area (Å²) >= 11 is 0. The van der Waals surface area contributed by atoms with Gasteiger partial charge in [-0.1, -0.05) is 67.9 Å². The fourth-order valence-electron chi connectivity index (χ4n) is 4.65. The molecule has 3 aromatic rings.